The van der Waals surface area contributed by atoms with Crippen LogP contribution in [0.25, 0.3) is 0 Å². The molecule has 0 aromatic heterocycles. The summed E-state index contributed by atoms with van der Waals surface area (Å²) in [5.74, 6) is -4.15. The largest absolute Gasteiger partial charge is 0.492 e. The van der Waals surface area contributed by atoms with Gasteiger partial charge < -0.3 is 9.47 Å². The summed E-state index contributed by atoms with van der Waals surface area (Å²) in [5, 5.41) is 1.81. The van der Waals surface area contributed by atoms with E-state index in [-0.39, 0.29) is 11.5 Å². The van der Waals surface area contributed by atoms with Crippen molar-refractivity contribution in [3.05, 3.63) is 24.3 Å². The molecular weight excluding hydrogens is 275 g/mol. The van der Waals surface area contributed by atoms with Crippen LogP contribution in [0.4, 0.5) is 13.2 Å². The fourth-order valence-electron chi connectivity index (χ4n) is 1.52. The molecule has 1 aliphatic heterocycles. The second-order valence-electron chi connectivity index (χ2n) is 5.47. The Morgan fingerprint density at radius 1 is 1.10 bits per heavy atom. The molecule has 0 bridgehead atoms. The third-order valence-corrected chi connectivity index (χ3v) is 2.69. The molecule has 1 amide bonds. The molecule has 7 heteroatoms. The lowest BCUT2D eigenvalue weighted by molar-refractivity contribution is -0.320. The molecule has 1 aromatic rings. The summed E-state index contributed by atoms with van der Waals surface area (Å²) in [6.07, 6.45) is -4.92. The normalized spacial score (nSPS) is 16.9. The molecule has 4 nitrogen and oxygen atoms in total. The van der Waals surface area contributed by atoms with Gasteiger partial charge in [0, 0.05) is 5.41 Å². The van der Waals surface area contributed by atoms with Crippen molar-refractivity contribution in [2.45, 2.75) is 32.9 Å². The number of rotatable bonds is 1. The zero-order valence-electron chi connectivity index (χ0n) is 11.2. The Morgan fingerprint density at radius 2 is 1.55 bits per heavy atom. The molecule has 0 aliphatic carbocycles. The van der Waals surface area contributed by atoms with E-state index in [9.17, 15) is 18.0 Å². The Balaban J connectivity index is 2.35. The van der Waals surface area contributed by atoms with Crippen LogP contribution in [0.2, 0.25) is 0 Å². The lowest BCUT2D eigenvalue weighted by Gasteiger charge is -2.32. The van der Waals surface area contributed by atoms with Crippen molar-refractivity contribution in [2.24, 2.45) is 5.41 Å². The van der Waals surface area contributed by atoms with Crippen LogP contribution in [0, 0.1) is 5.41 Å². The van der Waals surface area contributed by atoms with Gasteiger partial charge in [-0.3, -0.25) is 10.1 Å². The van der Waals surface area contributed by atoms with Gasteiger partial charge in [-0.1, -0.05) is 32.9 Å². The summed E-state index contributed by atoms with van der Waals surface area (Å²) in [6, 6.07) is 5.71. The SMILES string of the molecule is CC(C)(C)C(=O)NC1(C(F)(F)F)Oc2ccccc2O1. The van der Waals surface area contributed by atoms with E-state index < -0.39 is 23.4 Å². The van der Waals surface area contributed by atoms with Gasteiger partial charge in [-0.15, -0.1) is 0 Å². The maximum Gasteiger partial charge on any atom is 0.492 e. The van der Waals surface area contributed by atoms with Crippen LogP contribution < -0.4 is 14.8 Å². The van der Waals surface area contributed by atoms with Gasteiger partial charge in [0.1, 0.15) is 0 Å². The maximum atomic E-state index is 13.3. The van der Waals surface area contributed by atoms with Crippen molar-refractivity contribution in [3.8, 4) is 11.5 Å². The van der Waals surface area contributed by atoms with E-state index in [2.05, 4.69) is 0 Å². The van der Waals surface area contributed by atoms with E-state index in [1.165, 1.54) is 45.0 Å². The number of fused-ring (bicyclic) bond motifs is 1. The highest BCUT2D eigenvalue weighted by molar-refractivity contribution is 5.82. The first kappa shape index (κ1) is 14.5. The van der Waals surface area contributed by atoms with Crippen molar-refractivity contribution in [3.63, 3.8) is 0 Å². The zero-order valence-corrected chi connectivity index (χ0v) is 11.2. The van der Waals surface area contributed by atoms with Crippen LogP contribution in [0.3, 0.4) is 0 Å². The van der Waals surface area contributed by atoms with Crippen LogP contribution in [-0.4, -0.2) is 18.0 Å². The van der Waals surface area contributed by atoms with Crippen LogP contribution >= 0.6 is 0 Å². The van der Waals surface area contributed by atoms with Crippen LogP contribution in [0.15, 0.2) is 24.3 Å². The molecule has 0 saturated heterocycles. The number of carbonyl (C=O) groups excluding carboxylic acids is 1. The van der Waals surface area contributed by atoms with Crippen LogP contribution in [0.5, 0.6) is 11.5 Å². The molecule has 1 heterocycles. The number of hydrogen-bond donors (Lipinski definition) is 1. The summed E-state index contributed by atoms with van der Waals surface area (Å²) in [5.41, 5.74) is -1.01. The first-order valence-corrected chi connectivity index (χ1v) is 5.91. The number of alkyl halides is 3. The summed E-state index contributed by atoms with van der Waals surface area (Å²) < 4.78 is 49.5. The first-order chi connectivity index (χ1) is 9.05. The van der Waals surface area contributed by atoms with Crippen molar-refractivity contribution >= 4 is 5.91 Å². The molecule has 0 saturated carbocycles. The van der Waals surface area contributed by atoms with E-state index in [1.54, 1.807) is 0 Å². The first-order valence-electron chi connectivity index (χ1n) is 5.91. The number of halogens is 3. The highest BCUT2D eigenvalue weighted by Gasteiger charge is 2.66. The van der Waals surface area contributed by atoms with E-state index in [0.717, 1.165) is 0 Å². The lowest BCUT2D eigenvalue weighted by atomic mass is 9.95. The minimum absolute atomic E-state index is 0.0703. The van der Waals surface area contributed by atoms with Gasteiger partial charge in [-0.2, -0.15) is 13.2 Å². The zero-order chi connectivity index (χ0) is 15.2. The molecule has 1 aromatic carbocycles. The number of hydrogen-bond acceptors (Lipinski definition) is 3. The smallest absolute Gasteiger partial charge is 0.424 e. The number of nitrogens with one attached hydrogen (secondary N) is 1. The predicted octanol–water partition coefficient (Wildman–Crippen LogP) is 2.84. The van der Waals surface area contributed by atoms with Crippen LogP contribution in [-0.2, 0) is 4.79 Å². The number of amides is 1. The molecular formula is C13H14F3NO3. The van der Waals surface area contributed by atoms with E-state index >= 15 is 0 Å². The van der Waals surface area contributed by atoms with Crippen molar-refractivity contribution < 1.29 is 27.4 Å². The van der Waals surface area contributed by atoms with E-state index in [1.807, 2.05) is 5.32 Å². The van der Waals surface area contributed by atoms with Gasteiger partial charge in [0.2, 0.25) is 5.91 Å². The monoisotopic (exact) mass is 289 g/mol. The van der Waals surface area contributed by atoms with Gasteiger partial charge in [-0.25, -0.2) is 0 Å². The van der Waals surface area contributed by atoms with Gasteiger partial charge in [0.05, 0.1) is 0 Å². The van der Waals surface area contributed by atoms with E-state index in [4.69, 9.17) is 9.47 Å². The van der Waals surface area contributed by atoms with Crippen LogP contribution in [0.1, 0.15) is 20.8 Å². The molecule has 0 unspecified atom stereocenters. The van der Waals surface area contributed by atoms with E-state index in [0.29, 0.717) is 0 Å². The average molecular weight is 289 g/mol. The third-order valence-electron chi connectivity index (χ3n) is 2.69. The highest BCUT2D eigenvalue weighted by atomic mass is 19.4. The Hall–Kier alpha value is -1.92. The van der Waals surface area contributed by atoms with Gasteiger partial charge in [-0.05, 0) is 12.1 Å². The van der Waals surface area contributed by atoms with Gasteiger partial charge in [0.15, 0.2) is 11.5 Å². The van der Waals surface area contributed by atoms with Gasteiger partial charge >= 0.3 is 12.1 Å². The Bertz CT molecular complexity index is 509. The second-order valence-corrected chi connectivity index (χ2v) is 5.47. The second kappa shape index (κ2) is 4.29. The third kappa shape index (κ3) is 2.39. The van der Waals surface area contributed by atoms with Crippen molar-refractivity contribution in [2.75, 3.05) is 0 Å². The topological polar surface area (TPSA) is 47.6 Å². The summed E-state index contributed by atoms with van der Waals surface area (Å²) in [7, 11) is 0. The quantitative estimate of drug-likeness (QED) is 0.864. The summed E-state index contributed by atoms with van der Waals surface area (Å²) in [6.45, 7) is 4.48. The number of ether oxygens (including phenoxy) is 2. The number of benzene rings is 1. The minimum Gasteiger partial charge on any atom is -0.424 e. The predicted molar refractivity (Wildman–Crippen MR) is 64.1 cm³/mol. The highest BCUT2D eigenvalue weighted by Crippen LogP contribution is 2.45. The minimum atomic E-state index is -4.92. The molecule has 0 spiro atoms. The molecule has 110 valence electrons. The molecule has 2 rings (SSSR count). The Labute approximate surface area is 113 Å². The number of carbonyl (C=O) groups is 1. The maximum absolute atomic E-state index is 13.3. The number of para-hydroxylation sites is 2. The molecule has 0 fully saturated rings. The molecule has 0 radical (unpaired) electrons. The Kier molecular flexibility index (Phi) is 3.11. The van der Waals surface area contributed by atoms with Crippen molar-refractivity contribution in [1.29, 1.82) is 0 Å². The summed E-state index contributed by atoms with van der Waals surface area (Å²) in [4.78, 5) is 11.9. The molecule has 20 heavy (non-hydrogen) atoms. The summed E-state index contributed by atoms with van der Waals surface area (Å²) >= 11 is 0. The van der Waals surface area contributed by atoms with Gasteiger partial charge in [0.25, 0.3) is 0 Å². The molecule has 0 atom stereocenters. The molecule has 1 aliphatic rings. The average Bonchev–Trinajstić information content (AvgIpc) is 2.66. The van der Waals surface area contributed by atoms with Crippen molar-refractivity contribution in [1.82, 2.24) is 5.32 Å². The Morgan fingerprint density at radius 3 is 1.90 bits per heavy atom. The fourth-order valence-corrected chi connectivity index (χ4v) is 1.52. The fraction of sp³-hybridized carbons (Fsp3) is 0.462. The molecule has 1 N–H and O–H groups in total. The standard InChI is InChI=1S/C13H14F3NO3/c1-11(2,3)10(18)17-13(12(14,15)16)19-8-6-4-5-7-9(8)20-13/h4-7H,1-3H3,(H,17,18). The lowest BCUT2D eigenvalue weighted by Crippen LogP contribution is -2.66.